The Morgan fingerprint density at radius 3 is 1.30 bits per heavy atom. The van der Waals surface area contributed by atoms with Crippen molar-refractivity contribution in [3.8, 4) is 22.8 Å². The van der Waals surface area contributed by atoms with Gasteiger partial charge in [-0.05, 0) is 37.1 Å². The van der Waals surface area contributed by atoms with Crippen LogP contribution >= 0.6 is 0 Å². The van der Waals surface area contributed by atoms with Crippen LogP contribution in [0.15, 0.2) is 109 Å². The predicted octanol–water partition coefficient (Wildman–Crippen LogP) is 7.74. The number of hydrogen-bond donors (Lipinski definition) is 2. The second-order valence-corrected chi connectivity index (χ2v) is 10.3. The molecule has 2 heterocycles. The maximum absolute atomic E-state index is 5.03. The quantitative estimate of drug-likeness (QED) is 0.233. The molecule has 196 valence electrons. The minimum Gasteiger partial charge on any atom is -0.365 e. The van der Waals surface area contributed by atoms with Gasteiger partial charge in [0.1, 0.15) is 11.6 Å². The lowest BCUT2D eigenvalue weighted by molar-refractivity contribution is 0.423. The number of aromatic nitrogens is 4. The maximum Gasteiger partial charge on any atom is 0.162 e. The van der Waals surface area contributed by atoms with Gasteiger partial charge < -0.3 is 10.6 Å². The third-order valence-electron chi connectivity index (χ3n) is 7.68. The number of rotatable bonds is 6. The molecule has 0 bridgehead atoms. The molecule has 0 amide bonds. The van der Waals surface area contributed by atoms with E-state index in [2.05, 4.69) is 59.2 Å². The van der Waals surface area contributed by atoms with E-state index in [-0.39, 0.29) is 12.1 Å². The number of para-hydroxylation sites is 2. The highest BCUT2D eigenvalue weighted by Crippen LogP contribution is 2.31. The van der Waals surface area contributed by atoms with Crippen LogP contribution in [0.4, 0.5) is 11.6 Å². The van der Waals surface area contributed by atoms with E-state index in [0.29, 0.717) is 0 Å². The minimum atomic E-state index is 0.185. The van der Waals surface area contributed by atoms with Crippen LogP contribution in [0.1, 0.15) is 25.7 Å². The number of anilines is 2. The number of benzene rings is 4. The Hall–Kier alpha value is -4.84. The lowest BCUT2D eigenvalue weighted by atomic mass is 9.90. The molecule has 40 heavy (non-hydrogen) atoms. The lowest BCUT2D eigenvalue weighted by Gasteiger charge is -2.34. The van der Waals surface area contributed by atoms with Crippen molar-refractivity contribution in [2.45, 2.75) is 37.8 Å². The Morgan fingerprint density at radius 2 is 0.850 bits per heavy atom. The third kappa shape index (κ3) is 4.84. The van der Waals surface area contributed by atoms with Gasteiger partial charge in [0.25, 0.3) is 0 Å². The average Bonchev–Trinajstić information content (AvgIpc) is 3.02. The van der Waals surface area contributed by atoms with Crippen LogP contribution in [0.3, 0.4) is 0 Å². The zero-order valence-electron chi connectivity index (χ0n) is 22.2. The van der Waals surface area contributed by atoms with Gasteiger partial charge in [-0.3, -0.25) is 0 Å². The minimum absolute atomic E-state index is 0.185. The van der Waals surface area contributed by atoms with Gasteiger partial charge >= 0.3 is 0 Å². The molecule has 6 nitrogen and oxygen atoms in total. The molecular weight excluding hydrogens is 492 g/mol. The summed E-state index contributed by atoms with van der Waals surface area (Å²) in [5.74, 6) is 3.22. The molecule has 6 heteroatoms. The van der Waals surface area contributed by atoms with Crippen LogP contribution < -0.4 is 10.6 Å². The zero-order valence-corrected chi connectivity index (χ0v) is 22.2. The van der Waals surface area contributed by atoms with Gasteiger partial charge in [0, 0.05) is 34.0 Å². The van der Waals surface area contributed by atoms with Gasteiger partial charge in [0.2, 0.25) is 0 Å². The van der Waals surface area contributed by atoms with Crippen molar-refractivity contribution in [2.75, 3.05) is 10.6 Å². The van der Waals surface area contributed by atoms with E-state index < -0.39 is 0 Å². The first kappa shape index (κ1) is 24.2. The van der Waals surface area contributed by atoms with E-state index in [1.54, 1.807) is 0 Å². The Labute approximate surface area is 233 Å². The smallest absolute Gasteiger partial charge is 0.162 e. The summed E-state index contributed by atoms with van der Waals surface area (Å²) in [6.45, 7) is 0. The van der Waals surface area contributed by atoms with Gasteiger partial charge in [-0.15, -0.1) is 0 Å². The fourth-order valence-corrected chi connectivity index (χ4v) is 5.63. The molecule has 0 radical (unpaired) electrons. The van der Waals surface area contributed by atoms with Crippen molar-refractivity contribution in [2.24, 2.45) is 0 Å². The molecular formula is C34H30N6. The van der Waals surface area contributed by atoms with Crippen LogP contribution in [0.25, 0.3) is 44.6 Å². The van der Waals surface area contributed by atoms with Gasteiger partial charge in [-0.25, -0.2) is 19.9 Å². The molecule has 2 atom stereocenters. The second-order valence-electron chi connectivity index (χ2n) is 10.3. The highest BCUT2D eigenvalue weighted by molar-refractivity contribution is 5.92. The van der Waals surface area contributed by atoms with Gasteiger partial charge in [0.05, 0.1) is 11.0 Å². The fourth-order valence-electron chi connectivity index (χ4n) is 5.63. The van der Waals surface area contributed by atoms with E-state index in [1.165, 1.54) is 12.8 Å². The number of nitrogens with zero attached hydrogens (tertiary/aromatic N) is 4. The molecule has 0 unspecified atom stereocenters. The Balaban J connectivity index is 1.25. The third-order valence-corrected chi connectivity index (χ3v) is 7.68. The van der Waals surface area contributed by atoms with E-state index in [1.807, 2.05) is 60.7 Å². The molecule has 6 aromatic rings. The summed E-state index contributed by atoms with van der Waals surface area (Å²) in [6, 6.07) is 37.2. The van der Waals surface area contributed by atoms with Crippen LogP contribution in [-0.2, 0) is 0 Å². The first-order valence-electron chi connectivity index (χ1n) is 14.0. The first-order valence-corrected chi connectivity index (χ1v) is 14.0. The number of hydrogen-bond acceptors (Lipinski definition) is 6. The van der Waals surface area contributed by atoms with E-state index in [4.69, 9.17) is 19.9 Å². The van der Waals surface area contributed by atoms with Crippen molar-refractivity contribution in [3.05, 3.63) is 109 Å². The molecule has 4 aromatic carbocycles. The summed E-state index contributed by atoms with van der Waals surface area (Å²) in [4.78, 5) is 19.8. The summed E-state index contributed by atoms with van der Waals surface area (Å²) >= 11 is 0. The Morgan fingerprint density at radius 1 is 0.450 bits per heavy atom. The molecule has 2 N–H and O–H groups in total. The van der Waals surface area contributed by atoms with Gasteiger partial charge in [-0.1, -0.05) is 97.8 Å². The van der Waals surface area contributed by atoms with Gasteiger partial charge in [-0.2, -0.15) is 0 Å². The first-order chi connectivity index (χ1) is 19.8. The summed E-state index contributed by atoms with van der Waals surface area (Å²) in [5.41, 5.74) is 3.90. The Kier molecular flexibility index (Phi) is 6.50. The highest BCUT2D eigenvalue weighted by Gasteiger charge is 2.27. The highest BCUT2D eigenvalue weighted by atomic mass is 15.1. The summed E-state index contributed by atoms with van der Waals surface area (Å²) in [5, 5.41) is 9.75. The van der Waals surface area contributed by atoms with Crippen LogP contribution in [0.2, 0.25) is 0 Å². The fraction of sp³-hybridized carbons (Fsp3) is 0.176. The van der Waals surface area contributed by atoms with E-state index in [0.717, 1.165) is 69.1 Å². The molecule has 1 fully saturated rings. The summed E-state index contributed by atoms with van der Waals surface area (Å²) < 4.78 is 0. The SMILES string of the molecule is c1ccc(-c2nc(N[C@@H]3CCCC[C@H]3Nc3nc(-c4ccccc4)nc4ccccc34)c3ccccc3n2)cc1. The second kappa shape index (κ2) is 10.7. The monoisotopic (exact) mass is 522 g/mol. The molecule has 0 saturated heterocycles. The molecule has 7 rings (SSSR count). The summed E-state index contributed by atoms with van der Waals surface area (Å²) in [7, 11) is 0. The molecule has 1 aliphatic carbocycles. The van der Waals surface area contributed by atoms with Crippen LogP contribution in [0, 0.1) is 0 Å². The molecule has 1 aliphatic rings. The van der Waals surface area contributed by atoms with Crippen molar-refractivity contribution in [3.63, 3.8) is 0 Å². The van der Waals surface area contributed by atoms with Crippen molar-refractivity contribution in [1.29, 1.82) is 0 Å². The molecule has 0 aliphatic heterocycles. The van der Waals surface area contributed by atoms with Crippen LogP contribution in [0.5, 0.6) is 0 Å². The normalized spacial score (nSPS) is 17.1. The van der Waals surface area contributed by atoms with Crippen molar-refractivity contribution < 1.29 is 0 Å². The summed E-state index contributed by atoms with van der Waals surface area (Å²) in [6.07, 6.45) is 4.44. The molecule has 1 saturated carbocycles. The Bertz CT molecular complexity index is 1640. The maximum atomic E-state index is 5.03. The molecule has 2 aromatic heterocycles. The van der Waals surface area contributed by atoms with Crippen molar-refractivity contribution >= 4 is 33.4 Å². The van der Waals surface area contributed by atoms with Crippen LogP contribution in [-0.4, -0.2) is 32.0 Å². The lowest BCUT2D eigenvalue weighted by Crippen LogP contribution is -2.42. The standard InChI is InChI=1S/C34H30N6/c1-3-13-23(14-4-1)31-35-27-19-9-7-17-25(27)33(39-31)37-29-21-11-12-22-30(29)38-34-26-18-8-10-20-28(26)36-32(40-34)24-15-5-2-6-16-24/h1-10,13-20,29-30H,11-12,21-22H2,(H,35,37,39)(H,36,38,40)/t29-,30-/m1/s1. The van der Waals surface area contributed by atoms with E-state index in [9.17, 15) is 0 Å². The topological polar surface area (TPSA) is 75.6 Å². The average molecular weight is 523 g/mol. The molecule has 0 spiro atoms. The zero-order chi connectivity index (χ0) is 26.7. The largest absolute Gasteiger partial charge is 0.365 e. The number of fused-ring (bicyclic) bond motifs is 2. The van der Waals surface area contributed by atoms with Crippen molar-refractivity contribution in [1.82, 2.24) is 19.9 Å². The predicted molar refractivity (Wildman–Crippen MR) is 163 cm³/mol. The van der Waals surface area contributed by atoms with Gasteiger partial charge in [0.15, 0.2) is 11.6 Å². The number of nitrogens with one attached hydrogen (secondary N) is 2. The van der Waals surface area contributed by atoms with E-state index >= 15 is 0 Å².